The number of nitrogens with zero attached hydrogens (tertiary/aromatic N) is 5. The third-order valence-corrected chi connectivity index (χ3v) is 8.33. The molecule has 6 rings (SSSR count). The number of aromatic nitrogens is 3. The largest absolute Gasteiger partial charge is 0.435 e. The van der Waals surface area contributed by atoms with Gasteiger partial charge in [-0.1, -0.05) is 0 Å². The van der Waals surface area contributed by atoms with Crippen LogP contribution in [0.15, 0.2) is 61.1 Å². The van der Waals surface area contributed by atoms with Crippen molar-refractivity contribution in [1.29, 1.82) is 0 Å². The molecule has 0 spiro atoms. The van der Waals surface area contributed by atoms with Crippen LogP contribution in [-0.2, 0) is 4.79 Å². The molecule has 230 valence electrons. The normalized spacial score (nSPS) is 17.7. The summed E-state index contributed by atoms with van der Waals surface area (Å²) in [4.78, 5) is 39.3. The Morgan fingerprint density at radius 2 is 1.82 bits per heavy atom. The summed E-state index contributed by atoms with van der Waals surface area (Å²) in [5, 5.41) is 6.69. The van der Waals surface area contributed by atoms with E-state index in [1.54, 1.807) is 30.7 Å². The lowest BCUT2D eigenvalue weighted by atomic mass is 9.94. The molecule has 2 aliphatic heterocycles. The van der Waals surface area contributed by atoms with Crippen molar-refractivity contribution in [3.8, 4) is 17.0 Å². The predicted molar refractivity (Wildman–Crippen MR) is 162 cm³/mol. The van der Waals surface area contributed by atoms with Crippen LogP contribution in [0.25, 0.3) is 16.9 Å². The Morgan fingerprint density at radius 1 is 1.05 bits per heavy atom. The Kier molecular flexibility index (Phi) is 8.42. The molecule has 0 bridgehead atoms. The molecule has 4 heterocycles. The number of carbonyl (C=O) groups is 2. The molecule has 2 aromatic carbocycles. The maximum atomic E-state index is 13.4. The minimum atomic E-state index is -2.88. The van der Waals surface area contributed by atoms with E-state index in [0.29, 0.717) is 49.0 Å². The Balaban J connectivity index is 1.11. The SMILES string of the molecule is Cc1cc(Nc2nccn3c(-c4ccc(OC(F)F)cc4)cnc23)ccc1C(=O)N1CCC(C(=O)N2CCNC(C)C2)CC1. The van der Waals surface area contributed by atoms with Crippen molar-refractivity contribution in [3.05, 3.63) is 72.2 Å². The molecule has 4 aromatic rings. The number of hydrogen-bond acceptors (Lipinski definition) is 7. The van der Waals surface area contributed by atoms with Crippen LogP contribution in [0.2, 0.25) is 0 Å². The number of likely N-dealkylation sites (tertiary alicyclic amines) is 1. The molecular formula is C32H35F2N7O3. The second-order valence-corrected chi connectivity index (χ2v) is 11.4. The van der Waals surface area contributed by atoms with Crippen molar-refractivity contribution < 1.29 is 23.1 Å². The van der Waals surface area contributed by atoms with E-state index in [0.717, 1.165) is 42.1 Å². The third-order valence-electron chi connectivity index (χ3n) is 8.33. The van der Waals surface area contributed by atoms with Gasteiger partial charge in [-0.2, -0.15) is 8.78 Å². The van der Waals surface area contributed by atoms with Crippen molar-refractivity contribution in [3.63, 3.8) is 0 Å². The summed E-state index contributed by atoms with van der Waals surface area (Å²) in [7, 11) is 0. The molecule has 2 amide bonds. The average Bonchev–Trinajstić information content (AvgIpc) is 3.46. The first-order chi connectivity index (χ1) is 21.3. The number of rotatable bonds is 7. The first-order valence-corrected chi connectivity index (χ1v) is 14.8. The molecule has 2 N–H and O–H groups in total. The van der Waals surface area contributed by atoms with Gasteiger partial charge in [0.2, 0.25) is 5.91 Å². The summed E-state index contributed by atoms with van der Waals surface area (Å²) in [5.74, 6) is 0.759. The van der Waals surface area contributed by atoms with Gasteiger partial charge in [0.25, 0.3) is 5.91 Å². The zero-order valence-electron chi connectivity index (χ0n) is 24.7. The maximum Gasteiger partial charge on any atom is 0.387 e. The van der Waals surface area contributed by atoms with E-state index in [-0.39, 0.29) is 23.5 Å². The number of imidazole rings is 1. The van der Waals surface area contributed by atoms with E-state index in [9.17, 15) is 18.4 Å². The Bertz CT molecular complexity index is 1650. The van der Waals surface area contributed by atoms with Gasteiger partial charge < -0.3 is 25.2 Å². The van der Waals surface area contributed by atoms with Crippen molar-refractivity contribution in [1.82, 2.24) is 29.5 Å². The van der Waals surface area contributed by atoms with Crippen LogP contribution in [0, 0.1) is 12.8 Å². The maximum absolute atomic E-state index is 13.4. The number of alkyl halides is 2. The highest BCUT2D eigenvalue weighted by Gasteiger charge is 2.32. The number of aryl methyl sites for hydroxylation is 1. The molecule has 2 aliphatic rings. The number of anilines is 2. The van der Waals surface area contributed by atoms with Crippen molar-refractivity contribution >= 4 is 29.0 Å². The highest BCUT2D eigenvalue weighted by atomic mass is 19.3. The van der Waals surface area contributed by atoms with Gasteiger partial charge >= 0.3 is 6.61 Å². The fourth-order valence-electron chi connectivity index (χ4n) is 6.04. The molecule has 1 unspecified atom stereocenters. The summed E-state index contributed by atoms with van der Waals surface area (Å²) in [6.45, 7) is 4.53. The monoisotopic (exact) mass is 603 g/mol. The van der Waals surface area contributed by atoms with E-state index < -0.39 is 6.61 Å². The number of amides is 2. The van der Waals surface area contributed by atoms with Crippen LogP contribution >= 0.6 is 0 Å². The van der Waals surface area contributed by atoms with Gasteiger partial charge in [0.1, 0.15) is 5.75 Å². The number of halogens is 2. The Morgan fingerprint density at radius 3 is 2.52 bits per heavy atom. The molecule has 44 heavy (non-hydrogen) atoms. The number of piperazine rings is 1. The van der Waals surface area contributed by atoms with E-state index >= 15 is 0 Å². The lowest BCUT2D eigenvalue weighted by molar-refractivity contribution is -0.138. The molecule has 0 aliphatic carbocycles. The van der Waals surface area contributed by atoms with E-state index in [2.05, 4.69) is 32.3 Å². The van der Waals surface area contributed by atoms with Crippen LogP contribution in [0.4, 0.5) is 20.3 Å². The van der Waals surface area contributed by atoms with Crippen LogP contribution in [-0.4, -0.2) is 81.4 Å². The van der Waals surface area contributed by atoms with Gasteiger partial charge in [0.05, 0.1) is 11.9 Å². The minimum Gasteiger partial charge on any atom is -0.435 e. The number of benzene rings is 2. The Labute approximate surface area is 254 Å². The van der Waals surface area contributed by atoms with Gasteiger partial charge in [0.15, 0.2) is 11.5 Å². The first kappa shape index (κ1) is 29.5. The summed E-state index contributed by atoms with van der Waals surface area (Å²) in [6.07, 6.45) is 6.48. The van der Waals surface area contributed by atoms with Gasteiger partial charge in [-0.25, -0.2) is 9.97 Å². The van der Waals surface area contributed by atoms with Crippen LogP contribution in [0.1, 0.15) is 35.7 Å². The smallest absolute Gasteiger partial charge is 0.387 e. The first-order valence-electron chi connectivity index (χ1n) is 14.8. The molecule has 0 radical (unpaired) electrons. The van der Waals surface area contributed by atoms with E-state index in [1.807, 2.05) is 39.3 Å². The second kappa shape index (κ2) is 12.6. The zero-order valence-corrected chi connectivity index (χ0v) is 24.7. The second-order valence-electron chi connectivity index (χ2n) is 11.4. The Hall–Kier alpha value is -4.58. The molecule has 10 nitrogen and oxygen atoms in total. The quantitative estimate of drug-likeness (QED) is 0.315. The molecule has 0 saturated carbocycles. The predicted octanol–water partition coefficient (Wildman–Crippen LogP) is 4.72. The number of ether oxygens (including phenoxy) is 1. The van der Waals surface area contributed by atoms with Crippen molar-refractivity contribution in [2.75, 3.05) is 38.0 Å². The number of carbonyl (C=O) groups excluding carboxylic acids is 2. The van der Waals surface area contributed by atoms with Crippen molar-refractivity contribution in [2.24, 2.45) is 5.92 Å². The summed E-state index contributed by atoms with van der Waals surface area (Å²) in [5.41, 5.74) is 4.34. The highest BCUT2D eigenvalue weighted by molar-refractivity contribution is 5.96. The zero-order chi connectivity index (χ0) is 30.8. The topological polar surface area (TPSA) is 104 Å². The van der Waals surface area contributed by atoms with Gasteiger partial charge in [-0.3, -0.25) is 14.0 Å². The van der Waals surface area contributed by atoms with E-state index in [1.165, 1.54) is 12.1 Å². The van der Waals surface area contributed by atoms with Gasteiger partial charge in [0, 0.05) is 73.9 Å². The molecule has 2 fully saturated rings. The van der Waals surface area contributed by atoms with Gasteiger partial charge in [-0.15, -0.1) is 0 Å². The molecular weight excluding hydrogens is 568 g/mol. The number of fused-ring (bicyclic) bond motifs is 1. The average molecular weight is 604 g/mol. The standard InChI is InChI=1S/C32H35F2N7O3/c1-20-17-24(5-8-26(20)31(43)39-13-9-23(10-14-39)30(42)40-15-11-35-21(2)19-40)38-28-29-37-18-27(41(29)16-12-36-28)22-3-6-25(7-4-22)44-32(33)34/h3-8,12,16-18,21,23,32,35H,9-11,13-15,19H2,1-2H3,(H,36,38). The summed E-state index contributed by atoms with van der Waals surface area (Å²) in [6, 6.07) is 12.2. The molecule has 2 aromatic heterocycles. The molecule has 12 heteroatoms. The summed E-state index contributed by atoms with van der Waals surface area (Å²) < 4.78 is 31.3. The summed E-state index contributed by atoms with van der Waals surface area (Å²) >= 11 is 0. The molecule has 1 atom stereocenters. The fourth-order valence-corrected chi connectivity index (χ4v) is 6.04. The fraction of sp³-hybridized carbons (Fsp3) is 0.375. The van der Waals surface area contributed by atoms with Crippen LogP contribution in [0.3, 0.4) is 0 Å². The van der Waals surface area contributed by atoms with Crippen LogP contribution in [0.5, 0.6) is 5.75 Å². The number of nitrogens with one attached hydrogen (secondary N) is 2. The van der Waals surface area contributed by atoms with E-state index in [4.69, 9.17) is 0 Å². The van der Waals surface area contributed by atoms with Crippen LogP contribution < -0.4 is 15.4 Å². The van der Waals surface area contributed by atoms with Gasteiger partial charge in [-0.05, 0) is 74.7 Å². The number of hydrogen-bond donors (Lipinski definition) is 2. The third kappa shape index (κ3) is 6.21. The van der Waals surface area contributed by atoms with Crippen molar-refractivity contribution in [2.45, 2.75) is 39.3 Å². The number of piperidine rings is 1. The lowest BCUT2D eigenvalue weighted by Crippen LogP contribution is -2.54. The molecule has 2 saturated heterocycles. The lowest BCUT2D eigenvalue weighted by Gasteiger charge is -2.37. The minimum absolute atomic E-state index is 0.0289. The highest BCUT2D eigenvalue weighted by Crippen LogP contribution is 2.28.